The molecule has 0 spiro atoms. The summed E-state index contributed by atoms with van der Waals surface area (Å²) in [5.74, 6) is 0.742. The Balaban J connectivity index is 0.00000220. The lowest BCUT2D eigenvalue weighted by atomic mass is 9.98. The van der Waals surface area contributed by atoms with Gasteiger partial charge in [0.15, 0.2) is 0 Å². The van der Waals surface area contributed by atoms with Crippen molar-refractivity contribution in [1.82, 2.24) is 0 Å². The van der Waals surface area contributed by atoms with E-state index in [1.165, 1.54) is 0 Å². The van der Waals surface area contributed by atoms with Crippen LogP contribution in [-0.2, 0) is 4.79 Å². The van der Waals surface area contributed by atoms with E-state index in [1.807, 2.05) is 31.2 Å². The van der Waals surface area contributed by atoms with Crippen molar-refractivity contribution in [2.75, 3.05) is 5.32 Å². The smallest absolute Gasteiger partial charge is 0.244 e. The normalized spacial score (nSPS) is 17.7. The van der Waals surface area contributed by atoms with Crippen molar-refractivity contribution < 1.29 is 9.53 Å². The Hall–Kier alpha value is -1.26. The molecule has 2 rings (SSSR count). The van der Waals surface area contributed by atoms with Gasteiger partial charge in [-0.2, -0.15) is 0 Å². The fraction of sp³-hybridized carbons (Fsp3) is 0.562. The predicted molar refractivity (Wildman–Crippen MR) is 88.1 cm³/mol. The zero-order chi connectivity index (χ0) is 14.6. The largest absolute Gasteiger partial charge is 0.491 e. The van der Waals surface area contributed by atoms with Crippen LogP contribution in [0.3, 0.4) is 0 Å². The van der Waals surface area contributed by atoms with E-state index in [9.17, 15) is 4.79 Å². The number of rotatable bonds is 5. The maximum Gasteiger partial charge on any atom is 0.244 e. The van der Waals surface area contributed by atoms with Gasteiger partial charge in [-0.25, -0.2) is 0 Å². The minimum absolute atomic E-state index is 0. The van der Waals surface area contributed by atoms with Gasteiger partial charge in [-0.3, -0.25) is 4.79 Å². The third-order valence-electron chi connectivity index (χ3n) is 3.97. The summed E-state index contributed by atoms with van der Waals surface area (Å²) in [5.41, 5.74) is 6.21. The standard InChI is InChI=1S/C16H24N2O2.ClH/c1-3-12(2)20-14-8-6-13(7-9-14)18-15(19)16(17)10-4-5-11-16;/h6-9,12H,3-5,10-11,17H2,1-2H3,(H,18,19);1H. The number of nitrogens with one attached hydrogen (secondary N) is 1. The molecular formula is C16H25ClN2O2. The van der Waals surface area contributed by atoms with Gasteiger partial charge in [-0.1, -0.05) is 19.8 Å². The van der Waals surface area contributed by atoms with Gasteiger partial charge in [0, 0.05) is 5.69 Å². The van der Waals surface area contributed by atoms with Crippen LogP contribution in [0.2, 0.25) is 0 Å². The van der Waals surface area contributed by atoms with Crippen LogP contribution < -0.4 is 15.8 Å². The number of hydrogen-bond donors (Lipinski definition) is 2. The van der Waals surface area contributed by atoms with Gasteiger partial charge < -0.3 is 15.8 Å². The molecule has 5 heteroatoms. The molecule has 3 N–H and O–H groups in total. The quantitative estimate of drug-likeness (QED) is 0.874. The van der Waals surface area contributed by atoms with E-state index in [-0.39, 0.29) is 24.4 Å². The van der Waals surface area contributed by atoms with Crippen molar-refractivity contribution in [3.05, 3.63) is 24.3 Å². The predicted octanol–water partition coefficient (Wildman–Crippen LogP) is 3.50. The number of benzene rings is 1. The minimum atomic E-state index is -0.689. The Morgan fingerprint density at radius 2 is 1.90 bits per heavy atom. The SMILES string of the molecule is CCC(C)Oc1ccc(NC(=O)C2(N)CCCC2)cc1.Cl. The lowest BCUT2D eigenvalue weighted by Gasteiger charge is -2.22. The van der Waals surface area contributed by atoms with Crippen molar-refractivity contribution in [2.45, 2.75) is 57.6 Å². The molecule has 1 aliphatic carbocycles. The highest BCUT2D eigenvalue weighted by atomic mass is 35.5. The number of carbonyl (C=O) groups is 1. The van der Waals surface area contributed by atoms with Crippen molar-refractivity contribution in [2.24, 2.45) is 5.73 Å². The Labute approximate surface area is 132 Å². The van der Waals surface area contributed by atoms with Gasteiger partial charge >= 0.3 is 0 Å². The lowest BCUT2D eigenvalue weighted by molar-refractivity contribution is -0.121. The second-order valence-electron chi connectivity index (χ2n) is 5.68. The first-order chi connectivity index (χ1) is 9.53. The number of carbonyl (C=O) groups excluding carboxylic acids is 1. The van der Waals surface area contributed by atoms with Crippen molar-refractivity contribution in [3.63, 3.8) is 0 Å². The Bertz CT molecular complexity index is 456. The molecule has 1 aromatic rings. The lowest BCUT2D eigenvalue weighted by Crippen LogP contribution is -2.48. The summed E-state index contributed by atoms with van der Waals surface area (Å²) in [4.78, 5) is 12.2. The van der Waals surface area contributed by atoms with Gasteiger partial charge in [0.05, 0.1) is 11.6 Å². The number of ether oxygens (including phenoxy) is 1. The molecule has 1 amide bonds. The average Bonchev–Trinajstić information content (AvgIpc) is 2.89. The van der Waals surface area contributed by atoms with E-state index in [4.69, 9.17) is 10.5 Å². The third kappa shape index (κ3) is 4.61. The fourth-order valence-corrected chi connectivity index (χ4v) is 2.42. The Morgan fingerprint density at radius 3 is 2.43 bits per heavy atom. The van der Waals surface area contributed by atoms with Crippen LogP contribution in [0.5, 0.6) is 5.75 Å². The molecule has 0 bridgehead atoms. The van der Waals surface area contributed by atoms with Crippen molar-refractivity contribution in [3.8, 4) is 5.75 Å². The molecule has 0 saturated heterocycles. The highest BCUT2D eigenvalue weighted by Crippen LogP contribution is 2.28. The van der Waals surface area contributed by atoms with E-state index < -0.39 is 5.54 Å². The number of nitrogens with two attached hydrogens (primary N) is 1. The number of anilines is 1. The van der Waals surface area contributed by atoms with Crippen LogP contribution in [0.1, 0.15) is 46.0 Å². The molecule has 0 aliphatic heterocycles. The zero-order valence-corrected chi connectivity index (χ0v) is 13.5. The molecule has 1 unspecified atom stereocenters. The Morgan fingerprint density at radius 1 is 1.33 bits per heavy atom. The van der Waals surface area contributed by atoms with E-state index in [0.717, 1.165) is 43.5 Å². The summed E-state index contributed by atoms with van der Waals surface area (Å²) >= 11 is 0. The second-order valence-corrected chi connectivity index (χ2v) is 5.68. The second kappa shape index (κ2) is 7.66. The number of hydrogen-bond acceptors (Lipinski definition) is 3. The molecule has 21 heavy (non-hydrogen) atoms. The molecule has 1 aliphatic rings. The minimum Gasteiger partial charge on any atom is -0.491 e. The maximum absolute atomic E-state index is 12.2. The van der Waals surface area contributed by atoms with Crippen LogP contribution >= 0.6 is 12.4 Å². The molecular weight excluding hydrogens is 288 g/mol. The first-order valence-electron chi connectivity index (χ1n) is 7.40. The number of amides is 1. The highest BCUT2D eigenvalue weighted by Gasteiger charge is 2.36. The monoisotopic (exact) mass is 312 g/mol. The summed E-state index contributed by atoms with van der Waals surface area (Å²) in [6.45, 7) is 4.12. The molecule has 1 atom stereocenters. The summed E-state index contributed by atoms with van der Waals surface area (Å²) < 4.78 is 5.71. The van der Waals surface area contributed by atoms with Crippen LogP contribution in [0.15, 0.2) is 24.3 Å². The van der Waals surface area contributed by atoms with Crippen molar-refractivity contribution in [1.29, 1.82) is 0 Å². The first-order valence-corrected chi connectivity index (χ1v) is 7.40. The van der Waals surface area contributed by atoms with Gasteiger partial charge in [-0.05, 0) is 50.5 Å². The van der Waals surface area contributed by atoms with Crippen LogP contribution in [0.25, 0.3) is 0 Å². The van der Waals surface area contributed by atoms with Crippen molar-refractivity contribution >= 4 is 24.0 Å². The fourth-order valence-electron chi connectivity index (χ4n) is 2.42. The van der Waals surface area contributed by atoms with Gasteiger partial charge in [0.2, 0.25) is 5.91 Å². The molecule has 118 valence electrons. The van der Waals surface area contributed by atoms with E-state index >= 15 is 0 Å². The topological polar surface area (TPSA) is 64.3 Å². The Kier molecular flexibility index (Phi) is 6.49. The van der Waals surface area contributed by atoms with Gasteiger partial charge in [0.1, 0.15) is 5.75 Å². The summed E-state index contributed by atoms with van der Waals surface area (Å²) in [5, 5.41) is 2.90. The van der Waals surface area contributed by atoms with E-state index in [1.54, 1.807) is 0 Å². The van der Waals surface area contributed by atoms with E-state index in [2.05, 4.69) is 12.2 Å². The molecule has 1 aromatic carbocycles. The third-order valence-corrected chi connectivity index (χ3v) is 3.97. The van der Waals surface area contributed by atoms with Crippen LogP contribution in [0, 0.1) is 0 Å². The summed E-state index contributed by atoms with van der Waals surface area (Å²) in [7, 11) is 0. The van der Waals surface area contributed by atoms with Gasteiger partial charge in [-0.15, -0.1) is 12.4 Å². The maximum atomic E-state index is 12.2. The number of halogens is 1. The molecule has 4 nitrogen and oxygen atoms in total. The van der Waals surface area contributed by atoms with Crippen LogP contribution in [0.4, 0.5) is 5.69 Å². The summed E-state index contributed by atoms with van der Waals surface area (Å²) in [6, 6.07) is 7.46. The molecule has 1 fully saturated rings. The first kappa shape index (κ1) is 17.8. The highest BCUT2D eigenvalue weighted by molar-refractivity contribution is 5.98. The average molecular weight is 313 g/mol. The van der Waals surface area contributed by atoms with Gasteiger partial charge in [0.25, 0.3) is 0 Å². The molecule has 1 saturated carbocycles. The van der Waals surface area contributed by atoms with Crippen LogP contribution in [-0.4, -0.2) is 17.6 Å². The zero-order valence-electron chi connectivity index (χ0n) is 12.7. The molecule has 0 aromatic heterocycles. The molecule has 0 radical (unpaired) electrons. The summed E-state index contributed by atoms with van der Waals surface area (Å²) in [6.07, 6.45) is 4.77. The van der Waals surface area contributed by atoms with E-state index in [0.29, 0.717) is 0 Å². The molecule has 0 heterocycles.